The molecule has 0 spiro atoms. The van der Waals surface area contributed by atoms with Gasteiger partial charge in [0, 0.05) is 25.4 Å². The lowest BCUT2D eigenvalue weighted by Crippen LogP contribution is -2.12. The molecule has 0 atom stereocenters. The Hall–Kier alpha value is -1.64. The minimum absolute atomic E-state index is 0.0269. The fourth-order valence-electron chi connectivity index (χ4n) is 1.65. The van der Waals surface area contributed by atoms with Gasteiger partial charge in [0.15, 0.2) is 0 Å². The van der Waals surface area contributed by atoms with E-state index < -0.39 is 0 Å². The van der Waals surface area contributed by atoms with Gasteiger partial charge in [0.05, 0.1) is 0 Å². The van der Waals surface area contributed by atoms with Crippen LogP contribution in [0.1, 0.15) is 18.1 Å². The van der Waals surface area contributed by atoms with Gasteiger partial charge in [-0.2, -0.15) is 0 Å². The van der Waals surface area contributed by atoms with Crippen LogP contribution in [0.2, 0.25) is 0 Å². The van der Waals surface area contributed by atoms with Crippen LogP contribution in [0.25, 0.3) is 0 Å². The SMILES string of the molecule is CC(=O)Nc1cccc2c1CCN=C2. The monoisotopic (exact) mass is 188 g/mol. The van der Waals surface area contributed by atoms with Crippen LogP contribution in [-0.2, 0) is 11.2 Å². The van der Waals surface area contributed by atoms with Crippen LogP contribution >= 0.6 is 0 Å². The quantitative estimate of drug-likeness (QED) is 0.714. The fourth-order valence-corrected chi connectivity index (χ4v) is 1.65. The number of amides is 1. The summed E-state index contributed by atoms with van der Waals surface area (Å²) >= 11 is 0. The van der Waals surface area contributed by atoms with Crippen molar-refractivity contribution < 1.29 is 4.79 Å². The Morgan fingerprint density at radius 1 is 1.50 bits per heavy atom. The van der Waals surface area contributed by atoms with Gasteiger partial charge in [-0.1, -0.05) is 12.1 Å². The van der Waals surface area contributed by atoms with E-state index in [0.717, 1.165) is 24.2 Å². The van der Waals surface area contributed by atoms with E-state index >= 15 is 0 Å². The molecule has 2 rings (SSSR count). The summed E-state index contributed by atoms with van der Waals surface area (Å²) in [4.78, 5) is 15.2. The number of anilines is 1. The molecular weight excluding hydrogens is 176 g/mol. The Kier molecular flexibility index (Phi) is 2.31. The van der Waals surface area contributed by atoms with Gasteiger partial charge >= 0.3 is 0 Å². The molecule has 0 radical (unpaired) electrons. The smallest absolute Gasteiger partial charge is 0.221 e. The standard InChI is InChI=1S/C11H12N2O/c1-8(14)13-11-4-2-3-9-7-12-6-5-10(9)11/h2-4,7H,5-6H2,1H3,(H,13,14). The number of carbonyl (C=O) groups excluding carboxylic acids is 1. The first-order valence-electron chi connectivity index (χ1n) is 4.66. The van der Waals surface area contributed by atoms with Gasteiger partial charge in [0.2, 0.25) is 5.91 Å². The summed E-state index contributed by atoms with van der Waals surface area (Å²) in [6.07, 6.45) is 2.77. The maximum Gasteiger partial charge on any atom is 0.221 e. The molecule has 1 aliphatic heterocycles. The normalized spacial score (nSPS) is 13.5. The summed E-state index contributed by atoms with van der Waals surface area (Å²) < 4.78 is 0. The van der Waals surface area contributed by atoms with Crippen LogP contribution in [0, 0.1) is 0 Å². The second kappa shape index (κ2) is 3.62. The van der Waals surface area contributed by atoms with Crippen molar-refractivity contribution in [2.45, 2.75) is 13.3 Å². The second-order valence-corrected chi connectivity index (χ2v) is 3.34. The molecule has 1 N–H and O–H groups in total. The van der Waals surface area contributed by atoms with Crippen molar-refractivity contribution in [1.82, 2.24) is 0 Å². The van der Waals surface area contributed by atoms with Crippen molar-refractivity contribution in [3.05, 3.63) is 29.3 Å². The van der Waals surface area contributed by atoms with Crippen molar-refractivity contribution in [2.24, 2.45) is 4.99 Å². The van der Waals surface area contributed by atoms with Crippen LogP contribution < -0.4 is 5.32 Å². The summed E-state index contributed by atoms with van der Waals surface area (Å²) in [6, 6.07) is 5.88. The molecule has 0 aliphatic carbocycles. The highest BCUT2D eigenvalue weighted by atomic mass is 16.1. The minimum atomic E-state index is -0.0269. The van der Waals surface area contributed by atoms with Gasteiger partial charge in [0.1, 0.15) is 0 Å². The summed E-state index contributed by atoms with van der Waals surface area (Å²) in [5, 5.41) is 2.83. The Morgan fingerprint density at radius 3 is 3.14 bits per heavy atom. The Labute approximate surface area is 82.9 Å². The van der Waals surface area contributed by atoms with E-state index in [1.807, 2.05) is 24.4 Å². The number of rotatable bonds is 1. The lowest BCUT2D eigenvalue weighted by Gasteiger charge is -2.14. The van der Waals surface area contributed by atoms with E-state index in [0.29, 0.717) is 0 Å². The summed E-state index contributed by atoms with van der Waals surface area (Å²) in [7, 11) is 0. The van der Waals surface area contributed by atoms with Crippen LogP contribution in [0.4, 0.5) is 5.69 Å². The average Bonchev–Trinajstić information content (AvgIpc) is 2.18. The first kappa shape index (κ1) is 8.94. The van der Waals surface area contributed by atoms with E-state index in [1.165, 1.54) is 12.5 Å². The summed E-state index contributed by atoms with van der Waals surface area (Å²) in [5.74, 6) is -0.0269. The molecule has 1 aromatic rings. The molecule has 1 heterocycles. The number of fused-ring (bicyclic) bond motifs is 1. The lowest BCUT2D eigenvalue weighted by atomic mass is 10.0. The van der Waals surface area contributed by atoms with E-state index in [4.69, 9.17) is 0 Å². The number of benzene rings is 1. The highest BCUT2D eigenvalue weighted by Crippen LogP contribution is 2.21. The highest BCUT2D eigenvalue weighted by molar-refractivity contribution is 5.93. The molecule has 72 valence electrons. The molecule has 1 aromatic carbocycles. The number of aliphatic imine (C=N–C) groups is 1. The minimum Gasteiger partial charge on any atom is -0.326 e. The topological polar surface area (TPSA) is 41.5 Å². The van der Waals surface area contributed by atoms with Gasteiger partial charge in [0.25, 0.3) is 0 Å². The Morgan fingerprint density at radius 2 is 2.36 bits per heavy atom. The predicted molar refractivity (Wildman–Crippen MR) is 56.9 cm³/mol. The van der Waals surface area contributed by atoms with E-state index in [1.54, 1.807) is 0 Å². The molecule has 3 nitrogen and oxygen atoms in total. The van der Waals surface area contributed by atoms with E-state index in [-0.39, 0.29) is 5.91 Å². The second-order valence-electron chi connectivity index (χ2n) is 3.34. The first-order chi connectivity index (χ1) is 6.77. The summed E-state index contributed by atoms with van der Waals surface area (Å²) in [6.45, 7) is 2.33. The van der Waals surface area contributed by atoms with Gasteiger partial charge in [-0.05, 0) is 23.6 Å². The largest absolute Gasteiger partial charge is 0.326 e. The number of nitrogens with one attached hydrogen (secondary N) is 1. The zero-order valence-corrected chi connectivity index (χ0v) is 8.08. The van der Waals surface area contributed by atoms with Crippen molar-refractivity contribution in [2.75, 3.05) is 11.9 Å². The zero-order chi connectivity index (χ0) is 9.97. The molecular formula is C11H12N2O. The van der Waals surface area contributed by atoms with Crippen molar-refractivity contribution in [3.8, 4) is 0 Å². The number of carbonyl (C=O) groups is 1. The maximum absolute atomic E-state index is 11.0. The summed E-state index contributed by atoms with van der Waals surface area (Å²) in [5.41, 5.74) is 3.22. The number of hydrogen-bond acceptors (Lipinski definition) is 2. The van der Waals surface area contributed by atoms with Crippen LogP contribution in [0.5, 0.6) is 0 Å². The third-order valence-electron chi connectivity index (χ3n) is 2.24. The third-order valence-corrected chi connectivity index (χ3v) is 2.24. The van der Waals surface area contributed by atoms with Crippen LogP contribution in [0.15, 0.2) is 23.2 Å². The van der Waals surface area contributed by atoms with E-state index in [9.17, 15) is 4.79 Å². The third kappa shape index (κ3) is 1.66. The van der Waals surface area contributed by atoms with Gasteiger partial charge in [-0.3, -0.25) is 9.79 Å². The van der Waals surface area contributed by atoms with Crippen LogP contribution in [0.3, 0.4) is 0 Å². The van der Waals surface area contributed by atoms with E-state index in [2.05, 4.69) is 10.3 Å². The maximum atomic E-state index is 11.0. The van der Waals surface area contributed by atoms with Gasteiger partial charge in [-0.15, -0.1) is 0 Å². The molecule has 14 heavy (non-hydrogen) atoms. The Balaban J connectivity index is 2.41. The molecule has 0 unspecified atom stereocenters. The molecule has 1 aliphatic rings. The highest BCUT2D eigenvalue weighted by Gasteiger charge is 2.10. The Bertz CT molecular complexity index is 396. The first-order valence-corrected chi connectivity index (χ1v) is 4.66. The van der Waals surface area contributed by atoms with Crippen LogP contribution in [-0.4, -0.2) is 18.7 Å². The van der Waals surface area contributed by atoms with Gasteiger partial charge < -0.3 is 5.32 Å². The van der Waals surface area contributed by atoms with Crippen molar-refractivity contribution in [3.63, 3.8) is 0 Å². The molecule has 3 heteroatoms. The van der Waals surface area contributed by atoms with Crippen molar-refractivity contribution in [1.29, 1.82) is 0 Å². The molecule has 0 saturated heterocycles. The molecule has 0 saturated carbocycles. The number of hydrogen-bond donors (Lipinski definition) is 1. The molecule has 0 fully saturated rings. The molecule has 0 aromatic heterocycles. The number of nitrogens with zero attached hydrogens (tertiary/aromatic N) is 1. The lowest BCUT2D eigenvalue weighted by molar-refractivity contribution is -0.114. The van der Waals surface area contributed by atoms with Crippen molar-refractivity contribution >= 4 is 17.8 Å². The predicted octanol–water partition coefficient (Wildman–Crippen LogP) is 1.62. The molecule has 0 bridgehead atoms. The fraction of sp³-hybridized carbons (Fsp3) is 0.273. The zero-order valence-electron chi connectivity index (χ0n) is 8.08. The molecule has 1 amide bonds. The average molecular weight is 188 g/mol. The van der Waals surface area contributed by atoms with Gasteiger partial charge in [-0.25, -0.2) is 0 Å².